The first-order valence-electron chi connectivity index (χ1n) is 8.40. The molecule has 0 aliphatic carbocycles. The summed E-state index contributed by atoms with van der Waals surface area (Å²) in [5.41, 5.74) is 4.32. The summed E-state index contributed by atoms with van der Waals surface area (Å²) in [6.45, 7) is 0. The van der Waals surface area contributed by atoms with Crippen molar-refractivity contribution in [2.45, 2.75) is 5.92 Å². The van der Waals surface area contributed by atoms with Gasteiger partial charge in [0.15, 0.2) is 0 Å². The van der Waals surface area contributed by atoms with E-state index in [9.17, 15) is 4.79 Å². The van der Waals surface area contributed by atoms with E-state index in [-0.39, 0.29) is 5.91 Å². The van der Waals surface area contributed by atoms with Gasteiger partial charge in [-0.15, -0.1) is 0 Å². The van der Waals surface area contributed by atoms with E-state index in [0.29, 0.717) is 27.7 Å². The molecular weight excluding hydrogens is 358 g/mol. The van der Waals surface area contributed by atoms with Crippen molar-refractivity contribution in [3.8, 4) is 6.07 Å². The molecule has 0 aromatic heterocycles. The van der Waals surface area contributed by atoms with Crippen LogP contribution >= 0.6 is 11.6 Å². The molecule has 3 aromatic carbocycles. The summed E-state index contributed by atoms with van der Waals surface area (Å²) in [5, 5.41) is 12.4. The quantitative estimate of drug-likeness (QED) is 0.653. The highest BCUT2D eigenvalue weighted by Gasteiger charge is 2.35. The molecule has 0 radical (unpaired) electrons. The summed E-state index contributed by atoms with van der Waals surface area (Å²) in [7, 11) is 0. The van der Waals surface area contributed by atoms with Crippen LogP contribution < -0.4 is 5.32 Å². The standard InChI is InChI=1S/C22H14ClN3O/c23-16-8-11-18-19(12-16)26-22(27)20(18)21(15-4-2-1-3-5-15)25-17-9-6-14(13-24)7-10-17/h1-12,20H,(H,26,27). The average molecular weight is 372 g/mol. The minimum Gasteiger partial charge on any atom is -0.325 e. The Hall–Kier alpha value is -3.42. The van der Waals surface area contributed by atoms with Crippen LogP contribution in [0.15, 0.2) is 77.8 Å². The number of carbonyl (C=O) groups excluding carboxylic acids is 1. The zero-order valence-electron chi connectivity index (χ0n) is 14.2. The van der Waals surface area contributed by atoms with Gasteiger partial charge in [0.25, 0.3) is 0 Å². The van der Waals surface area contributed by atoms with Crippen molar-refractivity contribution in [2.24, 2.45) is 4.99 Å². The van der Waals surface area contributed by atoms with Gasteiger partial charge in [0.2, 0.25) is 5.91 Å². The topological polar surface area (TPSA) is 65.2 Å². The van der Waals surface area contributed by atoms with Crippen molar-refractivity contribution >= 4 is 34.6 Å². The molecule has 0 bridgehead atoms. The largest absolute Gasteiger partial charge is 0.325 e. The third-order valence-electron chi connectivity index (χ3n) is 4.44. The van der Waals surface area contributed by atoms with E-state index >= 15 is 0 Å². The van der Waals surface area contributed by atoms with Crippen molar-refractivity contribution in [3.63, 3.8) is 0 Å². The van der Waals surface area contributed by atoms with Gasteiger partial charge < -0.3 is 5.32 Å². The number of aliphatic imine (C=N–C) groups is 1. The maximum absolute atomic E-state index is 12.8. The molecule has 1 atom stereocenters. The highest BCUT2D eigenvalue weighted by molar-refractivity contribution is 6.31. The van der Waals surface area contributed by atoms with Crippen molar-refractivity contribution in [1.29, 1.82) is 5.26 Å². The smallest absolute Gasteiger partial charge is 0.238 e. The fourth-order valence-electron chi connectivity index (χ4n) is 3.16. The lowest BCUT2D eigenvalue weighted by Crippen LogP contribution is -2.21. The Kier molecular flexibility index (Phi) is 4.45. The number of hydrogen-bond acceptors (Lipinski definition) is 3. The monoisotopic (exact) mass is 371 g/mol. The third kappa shape index (κ3) is 3.33. The highest BCUT2D eigenvalue weighted by Crippen LogP contribution is 2.37. The number of carbonyl (C=O) groups is 1. The minimum absolute atomic E-state index is 0.136. The molecule has 27 heavy (non-hydrogen) atoms. The Morgan fingerprint density at radius 1 is 1.04 bits per heavy atom. The lowest BCUT2D eigenvalue weighted by atomic mass is 9.90. The molecule has 5 heteroatoms. The van der Waals surface area contributed by atoms with Crippen LogP contribution in [-0.2, 0) is 4.79 Å². The predicted octanol–water partition coefficient (Wildman–Crippen LogP) is 5.07. The maximum atomic E-state index is 12.8. The van der Waals surface area contributed by atoms with Crippen LogP contribution in [0.4, 0.5) is 11.4 Å². The number of rotatable bonds is 3. The zero-order chi connectivity index (χ0) is 18.8. The van der Waals surface area contributed by atoms with E-state index in [1.807, 2.05) is 36.4 Å². The molecule has 0 saturated heterocycles. The number of benzene rings is 3. The van der Waals surface area contributed by atoms with Gasteiger partial charge in [-0.25, -0.2) is 0 Å². The van der Waals surface area contributed by atoms with E-state index in [4.69, 9.17) is 21.9 Å². The van der Waals surface area contributed by atoms with E-state index in [1.54, 1.807) is 36.4 Å². The van der Waals surface area contributed by atoms with Gasteiger partial charge in [-0.2, -0.15) is 5.26 Å². The summed E-state index contributed by atoms with van der Waals surface area (Å²) in [6.07, 6.45) is 0. The van der Waals surface area contributed by atoms with Crippen LogP contribution in [-0.4, -0.2) is 11.6 Å². The van der Waals surface area contributed by atoms with Gasteiger partial charge in [0.1, 0.15) is 5.92 Å². The van der Waals surface area contributed by atoms with Crippen LogP contribution in [0, 0.1) is 11.3 Å². The Labute approximate surface area is 161 Å². The molecule has 3 aromatic rings. The molecule has 1 heterocycles. The van der Waals surface area contributed by atoms with Crippen LogP contribution in [0.3, 0.4) is 0 Å². The van der Waals surface area contributed by atoms with Gasteiger partial charge in [-0.1, -0.05) is 48.0 Å². The molecule has 1 N–H and O–H groups in total. The number of nitrogens with zero attached hydrogens (tertiary/aromatic N) is 2. The van der Waals surface area contributed by atoms with Crippen molar-refractivity contribution in [2.75, 3.05) is 5.32 Å². The number of halogens is 1. The summed E-state index contributed by atoms with van der Waals surface area (Å²) in [6, 6.07) is 24.1. The van der Waals surface area contributed by atoms with Gasteiger partial charge in [-0.3, -0.25) is 9.79 Å². The summed E-state index contributed by atoms with van der Waals surface area (Å²) in [5.74, 6) is -0.668. The second-order valence-corrected chi connectivity index (χ2v) is 6.61. The number of anilines is 1. The van der Waals surface area contributed by atoms with Crippen molar-refractivity contribution in [1.82, 2.24) is 0 Å². The van der Waals surface area contributed by atoms with Crippen molar-refractivity contribution in [3.05, 3.63) is 94.5 Å². The number of nitriles is 1. The van der Waals surface area contributed by atoms with E-state index in [1.165, 1.54) is 0 Å². The molecule has 4 nitrogen and oxygen atoms in total. The second-order valence-electron chi connectivity index (χ2n) is 6.18. The molecule has 0 saturated carbocycles. The molecule has 1 aliphatic rings. The first-order chi connectivity index (χ1) is 13.2. The van der Waals surface area contributed by atoms with Crippen molar-refractivity contribution < 1.29 is 4.79 Å². The Balaban J connectivity index is 1.86. The first-order valence-corrected chi connectivity index (χ1v) is 8.78. The van der Waals surface area contributed by atoms with Gasteiger partial charge in [-0.05, 0) is 47.5 Å². The second kappa shape index (κ2) is 7.06. The third-order valence-corrected chi connectivity index (χ3v) is 4.67. The lowest BCUT2D eigenvalue weighted by Gasteiger charge is -2.14. The SMILES string of the molecule is N#Cc1ccc(N=C(c2ccccc2)C2C(=O)Nc3cc(Cl)ccc32)cc1. The Bertz CT molecular complexity index is 1080. The van der Waals surface area contributed by atoms with Crippen LogP contribution in [0.2, 0.25) is 5.02 Å². The van der Waals surface area contributed by atoms with E-state index in [2.05, 4.69) is 11.4 Å². The average Bonchev–Trinajstić information content (AvgIpc) is 3.02. The van der Waals surface area contributed by atoms with Gasteiger partial charge in [0, 0.05) is 10.7 Å². The normalized spacial score (nSPS) is 15.8. The first kappa shape index (κ1) is 17.0. The van der Waals surface area contributed by atoms with Crippen LogP contribution in [0.25, 0.3) is 0 Å². The fourth-order valence-corrected chi connectivity index (χ4v) is 3.33. The van der Waals surface area contributed by atoms with E-state index in [0.717, 1.165) is 11.1 Å². The van der Waals surface area contributed by atoms with Gasteiger partial charge in [0.05, 0.1) is 23.0 Å². The van der Waals surface area contributed by atoms with Gasteiger partial charge >= 0.3 is 0 Å². The fraction of sp³-hybridized carbons (Fsp3) is 0.0455. The summed E-state index contributed by atoms with van der Waals surface area (Å²) < 4.78 is 0. The minimum atomic E-state index is -0.532. The highest BCUT2D eigenvalue weighted by atomic mass is 35.5. The maximum Gasteiger partial charge on any atom is 0.238 e. The molecule has 0 fully saturated rings. The Morgan fingerprint density at radius 3 is 2.48 bits per heavy atom. The molecule has 1 unspecified atom stereocenters. The van der Waals surface area contributed by atoms with E-state index < -0.39 is 5.92 Å². The molecule has 4 rings (SSSR count). The van der Waals surface area contributed by atoms with Crippen LogP contribution in [0.1, 0.15) is 22.6 Å². The molecule has 130 valence electrons. The summed E-state index contributed by atoms with van der Waals surface area (Å²) in [4.78, 5) is 17.5. The number of nitrogens with one attached hydrogen (secondary N) is 1. The van der Waals surface area contributed by atoms with Crippen LogP contribution in [0.5, 0.6) is 0 Å². The molecule has 1 amide bonds. The molecule has 0 spiro atoms. The Morgan fingerprint density at radius 2 is 1.78 bits per heavy atom. The summed E-state index contributed by atoms with van der Waals surface area (Å²) >= 11 is 6.07. The molecular formula is C22H14ClN3O. The number of hydrogen-bond donors (Lipinski definition) is 1. The zero-order valence-corrected chi connectivity index (χ0v) is 14.9. The molecule has 1 aliphatic heterocycles. The lowest BCUT2D eigenvalue weighted by molar-refractivity contribution is -0.115. The number of amides is 1. The predicted molar refractivity (Wildman–Crippen MR) is 107 cm³/mol. The number of fused-ring (bicyclic) bond motifs is 1.